The van der Waals surface area contributed by atoms with Crippen LogP contribution in [0.3, 0.4) is 0 Å². The number of thioether (sulfide) groups is 1. The number of carbonyl (C=O) groups is 1. The average molecular weight is 381 g/mol. The Bertz CT molecular complexity index is 878. The van der Waals surface area contributed by atoms with Crippen LogP contribution in [0.15, 0.2) is 65.8 Å². The molecule has 27 heavy (non-hydrogen) atoms. The number of rotatable bonds is 7. The number of amides is 1. The maximum atomic E-state index is 12.8. The predicted octanol–water partition coefficient (Wildman–Crippen LogP) is 3.81. The van der Waals surface area contributed by atoms with Crippen LogP contribution in [0, 0.1) is 0 Å². The maximum Gasteiger partial charge on any atom is 0.240 e. The molecule has 0 fully saturated rings. The molecule has 0 aliphatic carbocycles. The fraction of sp³-hybridized carbons (Fsp3) is 0.286. The first kappa shape index (κ1) is 19.2. The van der Waals surface area contributed by atoms with Crippen molar-refractivity contribution in [3.05, 3.63) is 77.6 Å². The van der Waals surface area contributed by atoms with Crippen molar-refractivity contribution in [3.63, 3.8) is 0 Å². The summed E-state index contributed by atoms with van der Waals surface area (Å²) in [4.78, 5) is 14.4. The highest BCUT2D eigenvalue weighted by Gasteiger charge is 2.26. The van der Waals surface area contributed by atoms with Gasteiger partial charge in [-0.3, -0.25) is 4.79 Å². The van der Waals surface area contributed by atoms with E-state index in [0.717, 1.165) is 29.5 Å². The third kappa shape index (κ3) is 4.57. The standard InChI is InChI=1S/C21H24N4OS/c1-4-25-18(15-16-11-7-5-8-12-16)22-23-21(25)27-19(20(26)24(2)3)17-13-9-6-10-14-17/h5-14,19H,4,15H2,1-3H3/t19-/m0/s1. The van der Waals surface area contributed by atoms with E-state index in [2.05, 4.69) is 33.8 Å². The first-order valence-corrected chi connectivity index (χ1v) is 9.87. The van der Waals surface area contributed by atoms with E-state index in [1.165, 1.54) is 17.3 Å². The average Bonchev–Trinajstić information content (AvgIpc) is 3.08. The number of nitrogens with zero attached hydrogens (tertiary/aromatic N) is 4. The molecule has 0 unspecified atom stereocenters. The molecule has 0 N–H and O–H groups in total. The minimum absolute atomic E-state index is 0.0430. The lowest BCUT2D eigenvalue weighted by Crippen LogP contribution is -2.27. The molecular weight excluding hydrogens is 356 g/mol. The van der Waals surface area contributed by atoms with Crippen molar-refractivity contribution in [2.24, 2.45) is 0 Å². The summed E-state index contributed by atoms with van der Waals surface area (Å²) in [5.41, 5.74) is 2.16. The summed E-state index contributed by atoms with van der Waals surface area (Å²) in [6, 6.07) is 20.1. The zero-order valence-corrected chi connectivity index (χ0v) is 16.7. The summed E-state index contributed by atoms with van der Waals surface area (Å²) >= 11 is 1.46. The Morgan fingerprint density at radius 2 is 1.67 bits per heavy atom. The Kier molecular flexibility index (Phi) is 6.29. The van der Waals surface area contributed by atoms with Gasteiger partial charge in [-0.15, -0.1) is 10.2 Å². The quantitative estimate of drug-likeness (QED) is 0.585. The topological polar surface area (TPSA) is 51.0 Å². The van der Waals surface area contributed by atoms with Crippen LogP contribution in [0.5, 0.6) is 0 Å². The first-order valence-electron chi connectivity index (χ1n) is 8.99. The van der Waals surface area contributed by atoms with E-state index in [1.807, 2.05) is 48.5 Å². The van der Waals surface area contributed by atoms with Crippen LogP contribution in [-0.4, -0.2) is 39.7 Å². The van der Waals surface area contributed by atoms with Gasteiger partial charge in [-0.25, -0.2) is 0 Å². The van der Waals surface area contributed by atoms with E-state index >= 15 is 0 Å². The van der Waals surface area contributed by atoms with Gasteiger partial charge in [0, 0.05) is 27.1 Å². The molecule has 5 nitrogen and oxygen atoms in total. The van der Waals surface area contributed by atoms with Gasteiger partial charge in [-0.2, -0.15) is 0 Å². The second-order valence-corrected chi connectivity index (χ2v) is 7.52. The highest BCUT2D eigenvalue weighted by atomic mass is 32.2. The monoisotopic (exact) mass is 380 g/mol. The van der Waals surface area contributed by atoms with Crippen LogP contribution in [0.25, 0.3) is 0 Å². The lowest BCUT2D eigenvalue weighted by atomic mass is 10.1. The smallest absolute Gasteiger partial charge is 0.240 e. The minimum Gasteiger partial charge on any atom is -0.348 e. The summed E-state index contributed by atoms with van der Waals surface area (Å²) in [6.07, 6.45) is 0.722. The number of hydrogen-bond acceptors (Lipinski definition) is 4. The highest BCUT2D eigenvalue weighted by Crippen LogP contribution is 2.36. The molecule has 1 heterocycles. The minimum atomic E-state index is -0.347. The molecular formula is C21H24N4OS. The molecule has 1 aromatic heterocycles. The van der Waals surface area contributed by atoms with Crippen LogP contribution in [0.2, 0.25) is 0 Å². The molecule has 3 rings (SSSR count). The second kappa shape index (κ2) is 8.86. The molecule has 1 amide bonds. The molecule has 0 saturated carbocycles. The van der Waals surface area contributed by atoms with E-state index in [9.17, 15) is 4.79 Å². The van der Waals surface area contributed by atoms with Crippen molar-refractivity contribution < 1.29 is 4.79 Å². The highest BCUT2D eigenvalue weighted by molar-refractivity contribution is 8.00. The number of carbonyl (C=O) groups excluding carboxylic acids is 1. The van der Waals surface area contributed by atoms with Gasteiger partial charge in [0.2, 0.25) is 5.91 Å². The van der Waals surface area contributed by atoms with Crippen molar-refractivity contribution >= 4 is 17.7 Å². The molecule has 6 heteroatoms. The fourth-order valence-electron chi connectivity index (χ4n) is 2.86. The van der Waals surface area contributed by atoms with Gasteiger partial charge in [0.1, 0.15) is 11.1 Å². The number of likely N-dealkylation sites (N-methyl/N-ethyl adjacent to an activating group) is 1. The number of benzene rings is 2. The molecule has 0 radical (unpaired) electrons. The second-order valence-electron chi connectivity index (χ2n) is 6.45. The molecule has 0 aliphatic heterocycles. The van der Waals surface area contributed by atoms with E-state index in [4.69, 9.17) is 0 Å². The summed E-state index contributed by atoms with van der Waals surface area (Å²) in [7, 11) is 3.56. The Morgan fingerprint density at radius 1 is 1.04 bits per heavy atom. The number of hydrogen-bond donors (Lipinski definition) is 0. The van der Waals surface area contributed by atoms with Crippen molar-refractivity contribution in [2.45, 2.75) is 30.3 Å². The Hall–Kier alpha value is -2.60. The Balaban J connectivity index is 1.89. The fourth-order valence-corrected chi connectivity index (χ4v) is 4.13. The van der Waals surface area contributed by atoms with Crippen LogP contribution < -0.4 is 0 Å². The van der Waals surface area contributed by atoms with E-state index in [0.29, 0.717) is 0 Å². The summed E-state index contributed by atoms with van der Waals surface area (Å²) in [5.74, 6) is 0.955. The van der Waals surface area contributed by atoms with Crippen molar-refractivity contribution in [3.8, 4) is 0 Å². The van der Waals surface area contributed by atoms with Crippen LogP contribution in [0.1, 0.15) is 29.1 Å². The van der Waals surface area contributed by atoms with E-state index < -0.39 is 0 Å². The maximum absolute atomic E-state index is 12.8. The lowest BCUT2D eigenvalue weighted by Gasteiger charge is -2.20. The van der Waals surface area contributed by atoms with Crippen molar-refractivity contribution in [1.29, 1.82) is 0 Å². The van der Waals surface area contributed by atoms with Crippen LogP contribution in [0.4, 0.5) is 0 Å². The van der Waals surface area contributed by atoms with Gasteiger partial charge >= 0.3 is 0 Å². The molecule has 0 saturated heterocycles. The van der Waals surface area contributed by atoms with Crippen LogP contribution in [-0.2, 0) is 17.8 Å². The normalized spacial score (nSPS) is 12.0. The SMILES string of the molecule is CCn1c(Cc2ccccc2)nnc1S[C@H](C(=O)N(C)C)c1ccccc1. The van der Waals surface area contributed by atoms with Gasteiger partial charge in [-0.05, 0) is 18.1 Å². The molecule has 2 aromatic carbocycles. The zero-order chi connectivity index (χ0) is 19.2. The van der Waals surface area contributed by atoms with E-state index in [1.54, 1.807) is 19.0 Å². The van der Waals surface area contributed by atoms with E-state index in [-0.39, 0.29) is 11.2 Å². The first-order chi connectivity index (χ1) is 13.1. The van der Waals surface area contributed by atoms with Crippen LogP contribution >= 0.6 is 11.8 Å². The zero-order valence-electron chi connectivity index (χ0n) is 15.9. The van der Waals surface area contributed by atoms with Gasteiger partial charge in [0.05, 0.1) is 0 Å². The molecule has 3 aromatic rings. The number of aromatic nitrogens is 3. The molecule has 0 bridgehead atoms. The lowest BCUT2D eigenvalue weighted by molar-refractivity contribution is -0.128. The summed E-state index contributed by atoms with van der Waals surface area (Å²) in [6.45, 7) is 2.84. The molecule has 1 atom stereocenters. The van der Waals surface area contributed by atoms with Crippen molar-refractivity contribution in [2.75, 3.05) is 14.1 Å². The van der Waals surface area contributed by atoms with Gasteiger partial charge in [-0.1, -0.05) is 72.4 Å². The summed E-state index contributed by atoms with van der Waals surface area (Å²) < 4.78 is 2.09. The Morgan fingerprint density at radius 3 is 2.26 bits per heavy atom. The van der Waals surface area contributed by atoms with Gasteiger partial charge < -0.3 is 9.47 Å². The molecule has 0 aliphatic rings. The predicted molar refractivity (Wildman–Crippen MR) is 109 cm³/mol. The molecule has 140 valence electrons. The third-order valence-corrected chi connectivity index (χ3v) is 5.53. The Labute approximate surface area is 164 Å². The largest absolute Gasteiger partial charge is 0.348 e. The molecule has 0 spiro atoms. The van der Waals surface area contributed by atoms with Gasteiger partial charge in [0.25, 0.3) is 0 Å². The van der Waals surface area contributed by atoms with Gasteiger partial charge in [0.15, 0.2) is 5.16 Å². The third-order valence-electron chi connectivity index (χ3n) is 4.31. The summed E-state index contributed by atoms with van der Waals surface area (Å²) in [5, 5.41) is 9.22. The van der Waals surface area contributed by atoms with Crippen molar-refractivity contribution in [1.82, 2.24) is 19.7 Å².